The normalized spacial score (nSPS) is 19.3. The average Bonchev–Trinajstić information content (AvgIpc) is 2.75. The first-order valence-electron chi connectivity index (χ1n) is 5.92. The van der Waals surface area contributed by atoms with Crippen molar-refractivity contribution in [3.8, 4) is 0 Å². The largest absolute Gasteiger partial charge is 0.326 e. The molecule has 0 saturated carbocycles. The van der Waals surface area contributed by atoms with E-state index in [0.717, 1.165) is 35.2 Å². The van der Waals surface area contributed by atoms with Crippen LogP contribution in [0, 0.1) is 12.8 Å². The van der Waals surface area contributed by atoms with E-state index in [1.165, 1.54) is 0 Å². The molecule has 1 atom stereocenters. The van der Waals surface area contributed by atoms with Crippen LogP contribution in [0.2, 0.25) is 0 Å². The van der Waals surface area contributed by atoms with Gasteiger partial charge >= 0.3 is 0 Å². The van der Waals surface area contributed by atoms with Crippen molar-refractivity contribution in [1.29, 1.82) is 0 Å². The van der Waals surface area contributed by atoms with Crippen LogP contribution < -0.4 is 10.6 Å². The number of anilines is 1. The number of carbonyl (C=O) groups excluding carboxylic acids is 1. The first-order chi connectivity index (χ1) is 8.15. The molecule has 0 radical (unpaired) electrons. The highest BCUT2D eigenvalue weighted by Gasteiger charge is 2.18. The molecule has 1 heterocycles. The second-order valence-electron chi connectivity index (χ2n) is 4.57. The summed E-state index contributed by atoms with van der Waals surface area (Å²) in [6.45, 7) is 4.00. The van der Waals surface area contributed by atoms with Gasteiger partial charge in [0, 0.05) is 16.6 Å². The molecule has 0 spiro atoms. The maximum atomic E-state index is 11.9. The SMILES string of the molecule is Cc1cc(Br)ccc1NC(=O)CC1CCNC1. The van der Waals surface area contributed by atoms with Gasteiger partial charge in [-0.15, -0.1) is 0 Å². The summed E-state index contributed by atoms with van der Waals surface area (Å²) in [5, 5.41) is 6.25. The predicted octanol–water partition coefficient (Wildman–Crippen LogP) is 2.70. The topological polar surface area (TPSA) is 41.1 Å². The Morgan fingerprint density at radius 2 is 2.41 bits per heavy atom. The monoisotopic (exact) mass is 296 g/mol. The van der Waals surface area contributed by atoms with Crippen molar-refractivity contribution in [2.45, 2.75) is 19.8 Å². The van der Waals surface area contributed by atoms with Gasteiger partial charge in [0.1, 0.15) is 0 Å². The molecule has 1 fully saturated rings. The van der Waals surface area contributed by atoms with E-state index in [1.807, 2.05) is 25.1 Å². The van der Waals surface area contributed by atoms with Crippen LogP contribution in [0.3, 0.4) is 0 Å². The smallest absolute Gasteiger partial charge is 0.224 e. The molecular formula is C13H17BrN2O. The van der Waals surface area contributed by atoms with E-state index in [1.54, 1.807) is 0 Å². The summed E-state index contributed by atoms with van der Waals surface area (Å²) < 4.78 is 1.04. The molecule has 1 aromatic rings. The lowest BCUT2D eigenvalue weighted by atomic mass is 10.0. The molecule has 1 aliphatic rings. The molecule has 1 aliphatic heterocycles. The van der Waals surface area contributed by atoms with E-state index in [4.69, 9.17) is 0 Å². The first kappa shape index (κ1) is 12.6. The van der Waals surface area contributed by atoms with Gasteiger partial charge in [-0.25, -0.2) is 0 Å². The zero-order valence-corrected chi connectivity index (χ0v) is 11.5. The molecule has 1 unspecified atom stereocenters. The highest BCUT2D eigenvalue weighted by Crippen LogP contribution is 2.21. The maximum absolute atomic E-state index is 11.9. The average molecular weight is 297 g/mol. The predicted molar refractivity (Wildman–Crippen MR) is 73.1 cm³/mol. The Kier molecular flexibility index (Phi) is 4.18. The number of hydrogen-bond acceptors (Lipinski definition) is 2. The van der Waals surface area contributed by atoms with Gasteiger partial charge in [-0.05, 0) is 56.1 Å². The summed E-state index contributed by atoms with van der Waals surface area (Å²) in [5.74, 6) is 0.606. The number of rotatable bonds is 3. The van der Waals surface area contributed by atoms with E-state index in [-0.39, 0.29) is 5.91 Å². The van der Waals surface area contributed by atoms with Crippen molar-refractivity contribution in [3.05, 3.63) is 28.2 Å². The summed E-state index contributed by atoms with van der Waals surface area (Å²) in [4.78, 5) is 11.9. The lowest BCUT2D eigenvalue weighted by Crippen LogP contribution is -2.18. The van der Waals surface area contributed by atoms with E-state index in [2.05, 4.69) is 26.6 Å². The molecule has 0 aromatic heterocycles. The molecule has 17 heavy (non-hydrogen) atoms. The van der Waals surface area contributed by atoms with E-state index < -0.39 is 0 Å². The van der Waals surface area contributed by atoms with Crippen molar-refractivity contribution in [2.75, 3.05) is 18.4 Å². The van der Waals surface area contributed by atoms with Gasteiger partial charge in [0.25, 0.3) is 0 Å². The number of benzene rings is 1. The Morgan fingerprint density at radius 3 is 3.06 bits per heavy atom. The molecule has 2 N–H and O–H groups in total. The summed E-state index contributed by atoms with van der Waals surface area (Å²) in [5.41, 5.74) is 1.99. The van der Waals surface area contributed by atoms with Crippen LogP contribution in [0.5, 0.6) is 0 Å². The Morgan fingerprint density at radius 1 is 1.59 bits per heavy atom. The van der Waals surface area contributed by atoms with Crippen LogP contribution in [0.4, 0.5) is 5.69 Å². The standard InChI is InChI=1S/C13H17BrN2O/c1-9-6-11(14)2-3-12(9)16-13(17)7-10-4-5-15-8-10/h2-3,6,10,15H,4-5,7-8H2,1H3,(H,16,17). The van der Waals surface area contributed by atoms with Crippen LogP contribution in [-0.2, 0) is 4.79 Å². The summed E-state index contributed by atoms with van der Waals surface area (Å²) in [7, 11) is 0. The molecule has 3 nitrogen and oxygen atoms in total. The van der Waals surface area contributed by atoms with E-state index in [0.29, 0.717) is 12.3 Å². The lowest BCUT2D eigenvalue weighted by molar-refractivity contribution is -0.116. The van der Waals surface area contributed by atoms with Crippen LogP contribution >= 0.6 is 15.9 Å². The van der Waals surface area contributed by atoms with Gasteiger partial charge in [-0.1, -0.05) is 15.9 Å². The van der Waals surface area contributed by atoms with Gasteiger partial charge < -0.3 is 10.6 Å². The number of carbonyl (C=O) groups is 1. The summed E-state index contributed by atoms with van der Waals surface area (Å²) in [6, 6.07) is 5.89. The molecule has 1 saturated heterocycles. The Hall–Kier alpha value is -0.870. The minimum Gasteiger partial charge on any atom is -0.326 e. The third-order valence-electron chi connectivity index (χ3n) is 3.10. The first-order valence-corrected chi connectivity index (χ1v) is 6.71. The fourth-order valence-electron chi connectivity index (χ4n) is 2.12. The molecule has 92 valence electrons. The molecular weight excluding hydrogens is 280 g/mol. The maximum Gasteiger partial charge on any atom is 0.224 e. The molecule has 1 amide bonds. The second kappa shape index (κ2) is 5.65. The van der Waals surface area contributed by atoms with Crippen molar-refractivity contribution in [2.24, 2.45) is 5.92 Å². The summed E-state index contributed by atoms with van der Waals surface area (Å²) in [6.07, 6.45) is 1.72. The van der Waals surface area contributed by atoms with Gasteiger partial charge in [0.15, 0.2) is 0 Å². The van der Waals surface area contributed by atoms with Crippen LogP contribution in [-0.4, -0.2) is 19.0 Å². The fraction of sp³-hybridized carbons (Fsp3) is 0.462. The highest BCUT2D eigenvalue weighted by atomic mass is 79.9. The number of aryl methyl sites for hydroxylation is 1. The van der Waals surface area contributed by atoms with Gasteiger partial charge in [0.2, 0.25) is 5.91 Å². The third-order valence-corrected chi connectivity index (χ3v) is 3.59. The molecule has 2 rings (SSSR count). The lowest BCUT2D eigenvalue weighted by Gasteiger charge is -2.11. The van der Waals surface area contributed by atoms with E-state index >= 15 is 0 Å². The zero-order chi connectivity index (χ0) is 12.3. The minimum atomic E-state index is 0.115. The van der Waals surface area contributed by atoms with Crippen LogP contribution in [0.15, 0.2) is 22.7 Å². The van der Waals surface area contributed by atoms with Gasteiger partial charge in [-0.2, -0.15) is 0 Å². The molecule has 4 heteroatoms. The Labute approximate surface area is 110 Å². The molecule has 0 aliphatic carbocycles. The molecule has 0 bridgehead atoms. The van der Waals surface area contributed by atoms with Gasteiger partial charge in [0.05, 0.1) is 0 Å². The van der Waals surface area contributed by atoms with Crippen molar-refractivity contribution in [1.82, 2.24) is 5.32 Å². The van der Waals surface area contributed by atoms with Crippen molar-refractivity contribution < 1.29 is 4.79 Å². The summed E-state index contributed by atoms with van der Waals surface area (Å²) >= 11 is 3.41. The number of amides is 1. The van der Waals surface area contributed by atoms with Crippen LogP contribution in [0.1, 0.15) is 18.4 Å². The number of hydrogen-bond donors (Lipinski definition) is 2. The van der Waals surface area contributed by atoms with Gasteiger partial charge in [-0.3, -0.25) is 4.79 Å². The quantitative estimate of drug-likeness (QED) is 0.900. The van der Waals surface area contributed by atoms with E-state index in [9.17, 15) is 4.79 Å². The van der Waals surface area contributed by atoms with Crippen molar-refractivity contribution >= 4 is 27.5 Å². The fourth-order valence-corrected chi connectivity index (χ4v) is 2.59. The van der Waals surface area contributed by atoms with Crippen LogP contribution in [0.25, 0.3) is 0 Å². The Bertz CT molecular complexity index is 414. The second-order valence-corrected chi connectivity index (χ2v) is 5.49. The zero-order valence-electron chi connectivity index (χ0n) is 9.92. The molecule has 1 aromatic carbocycles. The third kappa shape index (κ3) is 3.54. The Balaban J connectivity index is 1.93. The number of nitrogens with one attached hydrogen (secondary N) is 2. The van der Waals surface area contributed by atoms with Crippen molar-refractivity contribution in [3.63, 3.8) is 0 Å². The highest BCUT2D eigenvalue weighted by molar-refractivity contribution is 9.10. The number of halogens is 1. The minimum absolute atomic E-state index is 0.115.